The molecule has 2 aromatic rings. The van der Waals surface area contributed by atoms with Gasteiger partial charge in [0.05, 0.1) is 13.5 Å². The number of hydrogen-bond acceptors (Lipinski definition) is 2. The predicted molar refractivity (Wildman–Crippen MR) is 101 cm³/mol. The van der Waals surface area contributed by atoms with Gasteiger partial charge in [-0.25, -0.2) is 0 Å². The number of benzene rings is 2. The SMILES string of the molecule is COc1ccc(C2(CNC(=O)Cc3ccccc3Cl)CCCC2)cc1. The van der Waals surface area contributed by atoms with Crippen molar-refractivity contribution in [1.29, 1.82) is 0 Å². The molecule has 0 saturated heterocycles. The van der Waals surface area contributed by atoms with E-state index in [9.17, 15) is 4.79 Å². The largest absolute Gasteiger partial charge is 0.497 e. The van der Waals surface area contributed by atoms with E-state index in [1.807, 2.05) is 36.4 Å². The highest BCUT2D eigenvalue weighted by Gasteiger charge is 2.35. The van der Waals surface area contributed by atoms with Crippen molar-refractivity contribution in [3.8, 4) is 5.75 Å². The molecule has 0 spiro atoms. The smallest absolute Gasteiger partial charge is 0.224 e. The van der Waals surface area contributed by atoms with Crippen molar-refractivity contribution < 1.29 is 9.53 Å². The second-order valence-corrected chi connectivity index (χ2v) is 7.17. The number of rotatable bonds is 6. The predicted octanol–water partition coefficient (Wildman–Crippen LogP) is 4.52. The van der Waals surface area contributed by atoms with E-state index in [1.165, 1.54) is 18.4 Å². The van der Waals surface area contributed by atoms with Crippen LogP contribution in [0.3, 0.4) is 0 Å². The Labute approximate surface area is 154 Å². The Hall–Kier alpha value is -2.00. The number of carbonyl (C=O) groups excluding carboxylic acids is 1. The summed E-state index contributed by atoms with van der Waals surface area (Å²) in [5.74, 6) is 0.882. The van der Waals surface area contributed by atoms with Crippen LogP contribution in [0, 0.1) is 0 Å². The van der Waals surface area contributed by atoms with Crippen molar-refractivity contribution in [2.24, 2.45) is 0 Å². The first-order valence-electron chi connectivity index (χ1n) is 8.78. The Bertz CT molecular complexity index is 721. The first-order valence-corrected chi connectivity index (χ1v) is 9.15. The van der Waals surface area contributed by atoms with Gasteiger partial charge in [-0.15, -0.1) is 0 Å². The molecule has 1 saturated carbocycles. The highest BCUT2D eigenvalue weighted by Crippen LogP contribution is 2.41. The van der Waals surface area contributed by atoms with Gasteiger partial charge in [0.1, 0.15) is 5.75 Å². The molecular formula is C21H24ClNO2. The van der Waals surface area contributed by atoms with Gasteiger partial charge >= 0.3 is 0 Å². The van der Waals surface area contributed by atoms with Crippen molar-refractivity contribution in [2.45, 2.75) is 37.5 Å². The van der Waals surface area contributed by atoms with E-state index in [0.29, 0.717) is 18.0 Å². The average molecular weight is 358 g/mol. The highest BCUT2D eigenvalue weighted by atomic mass is 35.5. The summed E-state index contributed by atoms with van der Waals surface area (Å²) in [7, 11) is 1.68. The fourth-order valence-corrected chi connectivity index (χ4v) is 3.91. The number of nitrogens with one attached hydrogen (secondary N) is 1. The van der Waals surface area contributed by atoms with E-state index in [4.69, 9.17) is 16.3 Å². The van der Waals surface area contributed by atoms with E-state index in [0.717, 1.165) is 24.2 Å². The van der Waals surface area contributed by atoms with E-state index in [1.54, 1.807) is 7.11 Å². The molecule has 0 atom stereocenters. The molecule has 25 heavy (non-hydrogen) atoms. The number of methoxy groups -OCH3 is 1. The second kappa shape index (κ2) is 7.92. The molecule has 1 amide bonds. The summed E-state index contributed by atoms with van der Waals surface area (Å²) in [4.78, 5) is 12.4. The maximum atomic E-state index is 12.4. The standard InChI is InChI=1S/C21H24ClNO2/c1-25-18-10-8-17(9-11-18)21(12-4-5-13-21)15-23-20(24)14-16-6-2-3-7-19(16)22/h2-3,6-11H,4-5,12-15H2,1H3,(H,23,24). The molecule has 1 fully saturated rings. The zero-order chi connectivity index (χ0) is 17.7. The Balaban J connectivity index is 1.67. The van der Waals surface area contributed by atoms with Gasteiger partial charge in [0.15, 0.2) is 0 Å². The molecular weight excluding hydrogens is 334 g/mol. The fraction of sp³-hybridized carbons (Fsp3) is 0.381. The molecule has 1 N–H and O–H groups in total. The minimum absolute atomic E-state index is 0.0212. The third-order valence-electron chi connectivity index (χ3n) is 5.20. The van der Waals surface area contributed by atoms with Crippen LogP contribution in [0.25, 0.3) is 0 Å². The zero-order valence-electron chi connectivity index (χ0n) is 14.6. The average Bonchev–Trinajstić information content (AvgIpc) is 3.12. The normalized spacial score (nSPS) is 15.8. The summed E-state index contributed by atoms with van der Waals surface area (Å²) in [6, 6.07) is 15.8. The van der Waals surface area contributed by atoms with Crippen LogP contribution < -0.4 is 10.1 Å². The lowest BCUT2D eigenvalue weighted by molar-refractivity contribution is -0.120. The summed E-state index contributed by atoms with van der Waals surface area (Å²) < 4.78 is 5.26. The van der Waals surface area contributed by atoms with Crippen molar-refractivity contribution in [3.05, 3.63) is 64.7 Å². The van der Waals surface area contributed by atoms with Crippen molar-refractivity contribution in [3.63, 3.8) is 0 Å². The molecule has 2 aromatic carbocycles. The maximum Gasteiger partial charge on any atom is 0.224 e. The van der Waals surface area contributed by atoms with Crippen molar-refractivity contribution >= 4 is 17.5 Å². The minimum atomic E-state index is 0.0212. The van der Waals surface area contributed by atoms with Crippen LogP contribution in [0.4, 0.5) is 0 Å². The Morgan fingerprint density at radius 1 is 1.12 bits per heavy atom. The lowest BCUT2D eigenvalue weighted by Gasteiger charge is -2.30. The Morgan fingerprint density at radius 2 is 1.80 bits per heavy atom. The third-order valence-corrected chi connectivity index (χ3v) is 5.56. The van der Waals surface area contributed by atoms with Gasteiger partial charge in [0, 0.05) is 17.0 Å². The number of halogens is 1. The van der Waals surface area contributed by atoms with Gasteiger partial charge in [-0.05, 0) is 42.2 Å². The third kappa shape index (κ3) is 4.16. The van der Waals surface area contributed by atoms with Crippen LogP contribution in [0.15, 0.2) is 48.5 Å². The van der Waals surface area contributed by atoms with Gasteiger partial charge in [-0.3, -0.25) is 4.79 Å². The maximum absolute atomic E-state index is 12.4. The summed E-state index contributed by atoms with van der Waals surface area (Å²) in [5, 5.41) is 3.78. The number of ether oxygens (including phenoxy) is 1. The van der Waals surface area contributed by atoms with Crippen molar-refractivity contribution in [1.82, 2.24) is 5.32 Å². The lowest BCUT2D eigenvalue weighted by atomic mass is 9.78. The molecule has 3 nitrogen and oxygen atoms in total. The van der Waals surface area contributed by atoms with E-state index in [-0.39, 0.29) is 11.3 Å². The number of hydrogen-bond donors (Lipinski definition) is 1. The van der Waals surface area contributed by atoms with Crippen LogP contribution in [0.2, 0.25) is 5.02 Å². The summed E-state index contributed by atoms with van der Waals surface area (Å²) >= 11 is 6.16. The van der Waals surface area contributed by atoms with Crippen LogP contribution in [-0.4, -0.2) is 19.6 Å². The monoisotopic (exact) mass is 357 g/mol. The molecule has 132 valence electrons. The van der Waals surface area contributed by atoms with Crippen LogP contribution in [0.1, 0.15) is 36.8 Å². The van der Waals surface area contributed by atoms with E-state index >= 15 is 0 Å². The van der Waals surface area contributed by atoms with Gasteiger partial charge in [0.2, 0.25) is 5.91 Å². The summed E-state index contributed by atoms with van der Waals surface area (Å²) in [6.07, 6.45) is 4.93. The molecule has 3 rings (SSSR count). The minimum Gasteiger partial charge on any atom is -0.497 e. The quantitative estimate of drug-likeness (QED) is 0.825. The Morgan fingerprint density at radius 3 is 2.44 bits per heavy atom. The lowest BCUT2D eigenvalue weighted by Crippen LogP contribution is -2.39. The van der Waals surface area contributed by atoms with Gasteiger partial charge in [-0.2, -0.15) is 0 Å². The molecule has 0 aliphatic heterocycles. The molecule has 0 radical (unpaired) electrons. The van der Waals surface area contributed by atoms with Crippen LogP contribution in [0.5, 0.6) is 5.75 Å². The molecule has 0 unspecified atom stereocenters. The summed E-state index contributed by atoms with van der Waals surface area (Å²) in [5.41, 5.74) is 2.18. The molecule has 1 aliphatic rings. The van der Waals surface area contributed by atoms with E-state index in [2.05, 4.69) is 17.4 Å². The molecule has 1 aliphatic carbocycles. The molecule has 0 aromatic heterocycles. The topological polar surface area (TPSA) is 38.3 Å². The van der Waals surface area contributed by atoms with Crippen LogP contribution in [-0.2, 0) is 16.6 Å². The van der Waals surface area contributed by atoms with Gasteiger partial charge < -0.3 is 10.1 Å². The van der Waals surface area contributed by atoms with Crippen molar-refractivity contribution in [2.75, 3.05) is 13.7 Å². The fourth-order valence-electron chi connectivity index (χ4n) is 3.71. The number of carbonyl (C=O) groups is 1. The first kappa shape index (κ1) is 17.8. The van der Waals surface area contributed by atoms with Gasteiger partial charge in [-0.1, -0.05) is 54.8 Å². The van der Waals surface area contributed by atoms with Crippen LogP contribution >= 0.6 is 11.6 Å². The highest BCUT2D eigenvalue weighted by molar-refractivity contribution is 6.31. The number of amides is 1. The molecule has 0 heterocycles. The van der Waals surface area contributed by atoms with Gasteiger partial charge in [0.25, 0.3) is 0 Å². The van der Waals surface area contributed by atoms with E-state index < -0.39 is 0 Å². The second-order valence-electron chi connectivity index (χ2n) is 6.76. The summed E-state index contributed by atoms with van der Waals surface area (Å²) in [6.45, 7) is 0.669. The molecule has 4 heteroatoms. The first-order chi connectivity index (χ1) is 12.1. The Kier molecular flexibility index (Phi) is 5.64. The molecule has 0 bridgehead atoms. The zero-order valence-corrected chi connectivity index (χ0v) is 15.3.